The van der Waals surface area contributed by atoms with Gasteiger partial charge in [-0.2, -0.15) is 0 Å². The first-order chi connectivity index (χ1) is 10.9. The Bertz CT molecular complexity index is 535. The highest BCUT2D eigenvalue weighted by molar-refractivity contribution is 5.68. The van der Waals surface area contributed by atoms with Crippen molar-refractivity contribution in [2.75, 3.05) is 20.1 Å². The Morgan fingerprint density at radius 3 is 2.78 bits per heavy atom. The van der Waals surface area contributed by atoms with E-state index in [1.165, 1.54) is 16.7 Å². The largest absolute Gasteiger partial charge is 0.444 e. The summed E-state index contributed by atoms with van der Waals surface area (Å²) in [6.45, 7) is 8.19. The molecule has 0 atom stereocenters. The Morgan fingerprint density at radius 1 is 1.30 bits per heavy atom. The summed E-state index contributed by atoms with van der Waals surface area (Å²) in [4.78, 5) is 14.1. The van der Waals surface area contributed by atoms with Gasteiger partial charge in [0.2, 0.25) is 0 Å². The zero-order valence-corrected chi connectivity index (χ0v) is 14.9. The van der Waals surface area contributed by atoms with Gasteiger partial charge in [0.15, 0.2) is 0 Å². The van der Waals surface area contributed by atoms with Gasteiger partial charge in [0, 0.05) is 13.1 Å². The average molecular weight is 318 g/mol. The fourth-order valence-electron chi connectivity index (χ4n) is 2.92. The Labute approximate surface area is 140 Å². The summed E-state index contributed by atoms with van der Waals surface area (Å²) in [5, 5.41) is 3.19. The van der Waals surface area contributed by atoms with E-state index >= 15 is 0 Å². The predicted molar refractivity (Wildman–Crippen MR) is 93.7 cm³/mol. The van der Waals surface area contributed by atoms with E-state index < -0.39 is 5.60 Å². The number of nitrogens with one attached hydrogen (secondary N) is 1. The minimum Gasteiger partial charge on any atom is -0.444 e. The van der Waals surface area contributed by atoms with Crippen molar-refractivity contribution in [1.29, 1.82) is 0 Å². The van der Waals surface area contributed by atoms with Crippen LogP contribution in [-0.4, -0.2) is 36.7 Å². The first-order valence-electron chi connectivity index (χ1n) is 8.62. The highest BCUT2D eigenvalue weighted by Crippen LogP contribution is 2.22. The Hall–Kier alpha value is -1.55. The van der Waals surface area contributed by atoms with Gasteiger partial charge in [-0.1, -0.05) is 18.2 Å². The lowest BCUT2D eigenvalue weighted by molar-refractivity contribution is 0.0237. The topological polar surface area (TPSA) is 41.6 Å². The number of nitrogens with zero attached hydrogens (tertiary/aromatic N) is 1. The quantitative estimate of drug-likeness (QED) is 0.864. The number of carbonyl (C=O) groups excluding carboxylic acids is 1. The van der Waals surface area contributed by atoms with Crippen molar-refractivity contribution in [2.45, 2.75) is 58.6 Å². The molecule has 23 heavy (non-hydrogen) atoms. The van der Waals surface area contributed by atoms with Crippen molar-refractivity contribution < 1.29 is 9.53 Å². The maximum Gasteiger partial charge on any atom is 0.410 e. The average Bonchev–Trinajstić information content (AvgIpc) is 2.67. The minimum atomic E-state index is -0.441. The molecule has 4 heteroatoms. The Balaban J connectivity index is 2.04. The van der Waals surface area contributed by atoms with Gasteiger partial charge in [-0.25, -0.2) is 4.79 Å². The van der Waals surface area contributed by atoms with E-state index in [1.54, 1.807) is 0 Å². The van der Waals surface area contributed by atoms with Crippen molar-refractivity contribution in [3.8, 4) is 0 Å². The molecule has 1 aliphatic rings. The SMILES string of the molecule is CNCCCc1ccc2c(c1)CCCN(C(=O)OC(C)(C)C)C2. The van der Waals surface area contributed by atoms with E-state index in [-0.39, 0.29) is 6.09 Å². The molecular formula is C19H30N2O2. The molecule has 2 rings (SSSR count). The summed E-state index contributed by atoms with van der Waals surface area (Å²) in [5.41, 5.74) is 3.59. The molecule has 4 nitrogen and oxygen atoms in total. The maximum absolute atomic E-state index is 12.3. The van der Waals surface area contributed by atoms with Gasteiger partial charge in [-0.15, -0.1) is 0 Å². The summed E-state index contributed by atoms with van der Waals surface area (Å²) in [6.07, 6.45) is 4.08. The van der Waals surface area contributed by atoms with Crippen LogP contribution in [0, 0.1) is 0 Å². The summed E-state index contributed by atoms with van der Waals surface area (Å²) in [6, 6.07) is 6.71. The smallest absolute Gasteiger partial charge is 0.410 e. The van der Waals surface area contributed by atoms with Crippen LogP contribution in [0.5, 0.6) is 0 Å². The van der Waals surface area contributed by atoms with Crippen molar-refractivity contribution >= 4 is 6.09 Å². The van der Waals surface area contributed by atoms with Crippen LogP contribution in [0.4, 0.5) is 4.79 Å². The summed E-state index contributed by atoms with van der Waals surface area (Å²) in [7, 11) is 1.99. The predicted octanol–water partition coefficient (Wildman–Crippen LogP) is 3.52. The lowest BCUT2D eigenvalue weighted by atomic mass is 9.99. The second-order valence-electron chi connectivity index (χ2n) is 7.32. The first-order valence-corrected chi connectivity index (χ1v) is 8.62. The number of carbonyl (C=O) groups is 1. The van der Waals surface area contributed by atoms with E-state index in [4.69, 9.17) is 4.74 Å². The molecule has 0 saturated heterocycles. The molecule has 1 amide bonds. The number of hydrogen-bond donors (Lipinski definition) is 1. The monoisotopic (exact) mass is 318 g/mol. The number of rotatable bonds is 4. The van der Waals surface area contributed by atoms with Crippen molar-refractivity contribution in [1.82, 2.24) is 10.2 Å². The lowest BCUT2D eigenvalue weighted by Crippen LogP contribution is -2.36. The summed E-state index contributed by atoms with van der Waals surface area (Å²) >= 11 is 0. The Kier molecular flexibility index (Phi) is 6.05. The molecule has 0 fully saturated rings. The molecule has 1 aromatic rings. The van der Waals surface area contributed by atoms with E-state index in [0.717, 1.165) is 38.8 Å². The van der Waals surface area contributed by atoms with Crippen LogP contribution < -0.4 is 5.32 Å². The van der Waals surface area contributed by atoms with E-state index in [1.807, 2.05) is 32.7 Å². The third-order valence-electron chi connectivity index (χ3n) is 4.05. The highest BCUT2D eigenvalue weighted by Gasteiger charge is 2.24. The molecule has 1 aromatic carbocycles. The Morgan fingerprint density at radius 2 is 2.09 bits per heavy atom. The molecule has 0 spiro atoms. The van der Waals surface area contributed by atoms with Gasteiger partial charge >= 0.3 is 6.09 Å². The van der Waals surface area contributed by atoms with E-state index in [0.29, 0.717) is 6.54 Å². The molecule has 0 unspecified atom stereocenters. The van der Waals surface area contributed by atoms with Crippen LogP contribution >= 0.6 is 0 Å². The molecule has 0 radical (unpaired) electrons. The molecule has 0 saturated carbocycles. The van der Waals surface area contributed by atoms with Crippen molar-refractivity contribution in [3.05, 3.63) is 34.9 Å². The molecule has 1 aliphatic heterocycles. The molecule has 128 valence electrons. The standard InChI is InChI=1S/C19H30N2O2/c1-19(2,3)23-18(22)21-12-6-8-16-13-15(7-5-11-20-4)9-10-17(16)14-21/h9-10,13,20H,5-8,11-12,14H2,1-4H3. The minimum absolute atomic E-state index is 0.205. The fraction of sp³-hybridized carbons (Fsp3) is 0.632. The normalized spacial score (nSPS) is 15.0. The fourth-order valence-corrected chi connectivity index (χ4v) is 2.92. The number of hydrogen-bond acceptors (Lipinski definition) is 3. The number of amides is 1. The third-order valence-corrected chi connectivity index (χ3v) is 4.05. The third kappa shape index (κ3) is 5.54. The van der Waals surface area contributed by atoms with Gasteiger partial charge in [-0.05, 0) is 76.7 Å². The van der Waals surface area contributed by atoms with Crippen LogP contribution in [0.1, 0.15) is 50.3 Å². The maximum atomic E-state index is 12.3. The zero-order valence-electron chi connectivity index (χ0n) is 14.9. The highest BCUT2D eigenvalue weighted by atomic mass is 16.6. The summed E-state index contributed by atoms with van der Waals surface area (Å²) < 4.78 is 5.52. The number of aryl methyl sites for hydroxylation is 2. The molecule has 0 aliphatic carbocycles. The zero-order chi connectivity index (χ0) is 16.9. The number of benzene rings is 1. The van der Waals surface area contributed by atoms with Gasteiger partial charge in [0.05, 0.1) is 0 Å². The van der Waals surface area contributed by atoms with Gasteiger partial charge < -0.3 is 15.0 Å². The van der Waals surface area contributed by atoms with Crippen molar-refractivity contribution in [2.24, 2.45) is 0 Å². The lowest BCUT2D eigenvalue weighted by Gasteiger charge is -2.26. The number of fused-ring (bicyclic) bond motifs is 1. The van der Waals surface area contributed by atoms with Gasteiger partial charge in [0.25, 0.3) is 0 Å². The van der Waals surface area contributed by atoms with Crippen LogP contribution in [0.3, 0.4) is 0 Å². The van der Waals surface area contributed by atoms with Gasteiger partial charge in [0.1, 0.15) is 5.60 Å². The molecule has 0 aromatic heterocycles. The molecule has 1 heterocycles. The van der Waals surface area contributed by atoms with E-state index in [2.05, 4.69) is 23.5 Å². The summed E-state index contributed by atoms with van der Waals surface area (Å²) in [5.74, 6) is 0. The van der Waals surface area contributed by atoms with Crippen molar-refractivity contribution in [3.63, 3.8) is 0 Å². The van der Waals surface area contributed by atoms with Gasteiger partial charge in [-0.3, -0.25) is 0 Å². The van der Waals surface area contributed by atoms with Crippen LogP contribution in [0.25, 0.3) is 0 Å². The van der Waals surface area contributed by atoms with E-state index in [9.17, 15) is 4.79 Å². The number of ether oxygens (including phenoxy) is 1. The molecule has 0 bridgehead atoms. The second-order valence-corrected chi connectivity index (χ2v) is 7.32. The van der Waals surface area contributed by atoms with Crippen LogP contribution in [0.15, 0.2) is 18.2 Å². The molecule has 1 N–H and O–H groups in total. The van der Waals surface area contributed by atoms with Crippen LogP contribution in [-0.2, 0) is 24.1 Å². The molecular weight excluding hydrogens is 288 g/mol. The second kappa shape index (κ2) is 7.82. The first kappa shape index (κ1) is 17.8. The van der Waals surface area contributed by atoms with Crippen LogP contribution in [0.2, 0.25) is 0 Å².